The topological polar surface area (TPSA) is 69.7 Å². The molecule has 0 amide bonds. The average molecular weight is 578 g/mol. The maximum atomic E-state index is 15.1. The second-order valence-corrected chi connectivity index (χ2v) is 13.2. The van der Waals surface area contributed by atoms with Gasteiger partial charge in [-0.3, -0.25) is 9.59 Å². The Morgan fingerprint density at radius 2 is 1.85 bits per heavy atom. The van der Waals surface area contributed by atoms with Crippen LogP contribution in [0.5, 0.6) is 0 Å². The van der Waals surface area contributed by atoms with E-state index in [1.54, 1.807) is 13.0 Å². The zero-order chi connectivity index (χ0) is 28.4. The number of alkyl halides is 2. The van der Waals surface area contributed by atoms with Gasteiger partial charge in [-0.15, -0.1) is 23.2 Å². The molecule has 39 heavy (non-hydrogen) atoms. The van der Waals surface area contributed by atoms with E-state index in [2.05, 4.69) is 0 Å². The van der Waals surface area contributed by atoms with Crippen molar-refractivity contribution >= 4 is 40.9 Å². The highest BCUT2D eigenvalue weighted by atomic mass is 35.5. The van der Waals surface area contributed by atoms with Crippen molar-refractivity contribution in [1.82, 2.24) is 0 Å². The Morgan fingerprint density at radius 3 is 2.51 bits per heavy atom. The molecule has 0 aromatic heterocycles. The van der Waals surface area contributed by atoms with Gasteiger partial charge >= 0.3 is 11.9 Å². The predicted octanol–water partition coefficient (Wildman–Crippen LogP) is 6.85. The number of hydrogen-bond donors (Lipinski definition) is 0. The minimum atomic E-state index is -1.55. The lowest BCUT2D eigenvalue weighted by Crippen LogP contribution is -2.68. The number of ketones is 1. The van der Waals surface area contributed by atoms with Crippen molar-refractivity contribution in [3.05, 3.63) is 59.4 Å². The van der Waals surface area contributed by atoms with Crippen molar-refractivity contribution in [2.75, 3.05) is 0 Å². The number of rotatable bonds is 5. The summed E-state index contributed by atoms with van der Waals surface area (Å²) in [7, 11) is 0. The van der Waals surface area contributed by atoms with E-state index in [4.69, 9.17) is 32.7 Å². The molecule has 5 rings (SSSR count). The summed E-state index contributed by atoms with van der Waals surface area (Å²) in [6.45, 7) is 7.49. The summed E-state index contributed by atoms with van der Waals surface area (Å²) in [6, 6.07) is 9.36. The molecule has 4 aliphatic carbocycles. The molecule has 3 saturated carbocycles. The van der Waals surface area contributed by atoms with Crippen LogP contribution in [0.3, 0.4) is 0 Å². The van der Waals surface area contributed by atoms with E-state index in [1.807, 2.05) is 51.1 Å². The van der Waals surface area contributed by atoms with E-state index in [9.17, 15) is 14.4 Å². The third kappa shape index (κ3) is 3.80. The van der Waals surface area contributed by atoms with Gasteiger partial charge in [0.2, 0.25) is 11.4 Å². The second-order valence-electron chi connectivity index (χ2n) is 12.1. The Morgan fingerprint density at radius 1 is 1.15 bits per heavy atom. The first-order valence-corrected chi connectivity index (χ1v) is 14.6. The smallest absolute Gasteiger partial charge is 0.351 e. The van der Waals surface area contributed by atoms with Crippen molar-refractivity contribution in [3.8, 4) is 0 Å². The molecule has 0 radical (unpaired) electrons. The van der Waals surface area contributed by atoms with Gasteiger partial charge in [-0.25, -0.2) is 9.18 Å². The molecule has 1 aromatic carbocycles. The number of fused-ring (bicyclic) bond motifs is 5. The number of hydrogen-bond acceptors (Lipinski definition) is 5. The number of esters is 2. The van der Waals surface area contributed by atoms with Crippen LogP contribution in [-0.2, 0) is 30.5 Å². The number of carbonyl (C=O) groups excluding carboxylic acids is 3. The first kappa shape index (κ1) is 28.4. The first-order valence-electron chi connectivity index (χ1n) is 13.8. The molecule has 8 heteroatoms. The van der Waals surface area contributed by atoms with Crippen molar-refractivity contribution in [3.63, 3.8) is 0 Å². The van der Waals surface area contributed by atoms with Crippen LogP contribution >= 0.6 is 23.2 Å². The summed E-state index contributed by atoms with van der Waals surface area (Å²) in [5.41, 5.74) is -2.16. The standard InChI is InChI=1S/C31H35Cl2FO5/c1-5-25(36)39-31(27(37)38-17-19-9-7-6-8-10-19)18(2)15-22-20-11-12-21-26(34)23(35)13-14-28(21,3)30(20,33)24(32)16-29(22,31)4/h6-10,13-14,18,20,22,24H,5,11-12,15-17H2,1-4H3/t18-,20-,22-,24-,28-,29-,30-,31-/m0/s1. The normalized spacial score (nSPS) is 40.9. The highest BCUT2D eigenvalue weighted by molar-refractivity contribution is 6.34. The molecule has 0 bridgehead atoms. The minimum absolute atomic E-state index is 0.0517. The van der Waals surface area contributed by atoms with Gasteiger partial charge < -0.3 is 9.47 Å². The number of halogens is 3. The Labute approximate surface area is 239 Å². The largest absolute Gasteiger partial charge is 0.458 e. The molecule has 3 fully saturated rings. The number of carbonyl (C=O) groups is 3. The van der Waals surface area contributed by atoms with Crippen LogP contribution in [0.25, 0.3) is 0 Å². The SMILES string of the molecule is CCC(=O)O[C@]1(C(=O)OCc2ccccc2)[C@@H](C)C[C@H]2[C@@H]3CCC4=C(F)C(=O)C=C[C@]4(C)[C@@]3(Cl)[C@@H](Cl)C[C@@]21C. The summed E-state index contributed by atoms with van der Waals surface area (Å²) in [5, 5.41) is -0.705. The first-order chi connectivity index (χ1) is 18.4. The maximum Gasteiger partial charge on any atom is 0.351 e. The van der Waals surface area contributed by atoms with E-state index in [-0.39, 0.29) is 37.2 Å². The molecular formula is C31H35Cl2FO5. The maximum absolute atomic E-state index is 15.1. The zero-order valence-corrected chi connectivity index (χ0v) is 24.3. The quantitative estimate of drug-likeness (QED) is 0.283. The van der Waals surface area contributed by atoms with Gasteiger partial charge in [-0.2, -0.15) is 0 Å². The van der Waals surface area contributed by atoms with Gasteiger partial charge in [-0.1, -0.05) is 64.1 Å². The zero-order valence-electron chi connectivity index (χ0n) is 22.8. The summed E-state index contributed by atoms with van der Waals surface area (Å²) >= 11 is 14.8. The predicted molar refractivity (Wildman–Crippen MR) is 147 cm³/mol. The van der Waals surface area contributed by atoms with E-state index in [0.717, 1.165) is 5.56 Å². The van der Waals surface area contributed by atoms with Gasteiger partial charge in [0.1, 0.15) is 6.61 Å². The summed E-state index contributed by atoms with van der Waals surface area (Å²) in [4.78, 5) is 38.0. The second kappa shape index (κ2) is 9.73. The van der Waals surface area contributed by atoms with Gasteiger partial charge in [0.15, 0.2) is 5.83 Å². The Kier molecular flexibility index (Phi) is 7.07. The number of ether oxygens (including phenoxy) is 2. The minimum Gasteiger partial charge on any atom is -0.458 e. The third-order valence-corrected chi connectivity index (χ3v) is 11.9. The van der Waals surface area contributed by atoms with Crippen LogP contribution in [-0.4, -0.2) is 33.6 Å². The fourth-order valence-corrected chi connectivity index (χ4v) is 9.54. The summed E-state index contributed by atoms with van der Waals surface area (Å²) in [6.07, 6.45) is 4.78. The van der Waals surface area contributed by atoms with Crippen molar-refractivity contribution in [1.29, 1.82) is 0 Å². The van der Waals surface area contributed by atoms with E-state index < -0.39 is 50.2 Å². The van der Waals surface area contributed by atoms with Crippen LogP contribution in [0.2, 0.25) is 0 Å². The molecule has 0 unspecified atom stereocenters. The van der Waals surface area contributed by atoms with E-state index >= 15 is 4.39 Å². The molecule has 0 heterocycles. The molecule has 8 atom stereocenters. The van der Waals surface area contributed by atoms with Gasteiger partial charge in [0.25, 0.3) is 0 Å². The fraction of sp³-hybridized carbons (Fsp3) is 0.581. The lowest BCUT2D eigenvalue weighted by Gasteiger charge is -2.63. The summed E-state index contributed by atoms with van der Waals surface area (Å²) in [5.74, 6) is -3.17. The van der Waals surface area contributed by atoms with E-state index in [1.165, 1.54) is 6.08 Å². The molecule has 210 valence electrons. The van der Waals surface area contributed by atoms with Gasteiger partial charge in [-0.05, 0) is 54.7 Å². The number of benzene rings is 1. The highest BCUT2D eigenvalue weighted by Crippen LogP contribution is 2.73. The molecule has 0 N–H and O–H groups in total. The van der Waals surface area contributed by atoms with Crippen LogP contribution in [0.4, 0.5) is 4.39 Å². The summed E-state index contributed by atoms with van der Waals surface area (Å²) < 4.78 is 27.2. The highest BCUT2D eigenvalue weighted by Gasteiger charge is 2.77. The molecule has 0 saturated heterocycles. The average Bonchev–Trinajstić information content (AvgIpc) is 3.13. The lowest BCUT2D eigenvalue weighted by atomic mass is 9.46. The third-order valence-electron chi connectivity index (χ3n) is 10.3. The van der Waals surface area contributed by atoms with Crippen LogP contribution in [0, 0.1) is 28.6 Å². The molecule has 0 spiro atoms. The van der Waals surface area contributed by atoms with Gasteiger partial charge in [0, 0.05) is 23.2 Å². The van der Waals surface area contributed by atoms with Crippen LogP contribution in [0.1, 0.15) is 65.4 Å². The monoisotopic (exact) mass is 576 g/mol. The molecular weight excluding hydrogens is 542 g/mol. The van der Waals surface area contributed by atoms with Crippen LogP contribution in [0.15, 0.2) is 53.9 Å². The fourth-order valence-electron chi connectivity index (χ4n) is 8.32. The molecule has 5 nitrogen and oxygen atoms in total. The molecule has 4 aliphatic rings. The van der Waals surface area contributed by atoms with Crippen LogP contribution < -0.4 is 0 Å². The Bertz CT molecular complexity index is 1260. The number of allylic oxidation sites excluding steroid dienone is 4. The molecule has 1 aromatic rings. The molecule has 0 aliphatic heterocycles. The van der Waals surface area contributed by atoms with Gasteiger partial charge in [0.05, 0.1) is 10.3 Å². The van der Waals surface area contributed by atoms with Crippen molar-refractivity contribution in [2.24, 2.45) is 28.6 Å². The van der Waals surface area contributed by atoms with Crippen molar-refractivity contribution in [2.45, 2.75) is 82.3 Å². The Balaban J connectivity index is 1.57. The lowest BCUT2D eigenvalue weighted by molar-refractivity contribution is -0.210. The van der Waals surface area contributed by atoms with E-state index in [0.29, 0.717) is 24.8 Å². The van der Waals surface area contributed by atoms with Crippen molar-refractivity contribution < 1.29 is 28.2 Å². The Hall–Kier alpha value is -2.18.